The highest BCUT2D eigenvalue weighted by Crippen LogP contribution is 2.30. The van der Waals surface area contributed by atoms with E-state index in [0.717, 1.165) is 16.9 Å². The maximum Gasteiger partial charge on any atom is 0.253 e. The van der Waals surface area contributed by atoms with Crippen LogP contribution in [0.1, 0.15) is 26.3 Å². The van der Waals surface area contributed by atoms with Crippen LogP contribution in [0.25, 0.3) is 0 Å². The van der Waals surface area contributed by atoms with Crippen LogP contribution in [0.15, 0.2) is 18.2 Å². The first-order chi connectivity index (χ1) is 9.22. The van der Waals surface area contributed by atoms with Crippen molar-refractivity contribution in [1.29, 1.82) is 0 Å². The van der Waals surface area contributed by atoms with E-state index in [1.165, 1.54) is 10.7 Å². The SMILES string of the molecule is CCN([N+](CC)(CC)c1ccc(N)c(C)c1)S(C)(=O)=O.Cl. The van der Waals surface area contributed by atoms with Crippen LogP contribution < -0.4 is 10.3 Å². The van der Waals surface area contributed by atoms with Crippen molar-refractivity contribution in [3.05, 3.63) is 23.8 Å². The second kappa shape index (κ2) is 7.45. The zero-order valence-corrected chi connectivity index (χ0v) is 15.1. The standard InChI is InChI=1S/C14H26N3O2S.ClH/c1-6-16(20(5,18)19)17(7-2,8-3)13-9-10-14(15)12(4)11-13;/h9-11H,6-8,15H2,1-5H3;1H/q+1;. The molecular formula is C14H27ClN3O2S+. The van der Waals surface area contributed by atoms with Crippen molar-refractivity contribution >= 4 is 33.8 Å². The second-order valence-electron chi connectivity index (χ2n) is 5.00. The van der Waals surface area contributed by atoms with Crippen molar-refractivity contribution in [2.75, 3.05) is 31.6 Å². The third-order valence-corrected chi connectivity index (χ3v) is 5.20. The summed E-state index contributed by atoms with van der Waals surface area (Å²) < 4.78 is 26.1. The van der Waals surface area contributed by atoms with Crippen LogP contribution in [0.3, 0.4) is 0 Å². The lowest BCUT2D eigenvalue weighted by atomic mass is 10.1. The zero-order chi connectivity index (χ0) is 15.6. The van der Waals surface area contributed by atoms with E-state index in [0.29, 0.717) is 19.6 Å². The van der Waals surface area contributed by atoms with Crippen molar-refractivity contribution in [2.24, 2.45) is 0 Å². The number of hydrogen-bond donors (Lipinski definition) is 1. The van der Waals surface area contributed by atoms with Gasteiger partial charge in [-0.2, -0.15) is 4.59 Å². The number of rotatable bonds is 6. The van der Waals surface area contributed by atoms with Crippen molar-refractivity contribution in [3.8, 4) is 0 Å². The smallest absolute Gasteiger partial charge is 0.253 e. The van der Waals surface area contributed by atoms with Gasteiger partial charge >= 0.3 is 0 Å². The first-order valence-corrected chi connectivity index (χ1v) is 8.79. The molecule has 2 N–H and O–H groups in total. The maximum atomic E-state index is 12.1. The van der Waals surface area contributed by atoms with E-state index in [9.17, 15) is 8.42 Å². The molecule has 0 aliphatic rings. The molecule has 0 aliphatic carbocycles. The van der Waals surface area contributed by atoms with E-state index in [1.807, 2.05) is 45.9 Å². The highest BCUT2D eigenvalue weighted by atomic mass is 35.5. The molecule has 0 spiro atoms. The summed E-state index contributed by atoms with van der Waals surface area (Å²) in [6.45, 7) is 9.58. The minimum atomic E-state index is -3.29. The minimum absolute atomic E-state index is 0. The summed E-state index contributed by atoms with van der Waals surface area (Å²) in [7, 11) is -3.29. The average Bonchev–Trinajstić information content (AvgIpc) is 2.38. The molecule has 21 heavy (non-hydrogen) atoms. The van der Waals surface area contributed by atoms with Crippen molar-refractivity contribution < 1.29 is 8.42 Å². The van der Waals surface area contributed by atoms with Crippen LogP contribution in [0.2, 0.25) is 0 Å². The Morgan fingerprint density at radius 2 is 1.71 bits per heavy atom. The number of anilines is 1. The summed E-state index contributed by atoms with van der Waals surface area (Å²) in [6.07, 6.45) is 1.26. The Bertz CT molecular complexity index is 572. The summed E-state index contributed by atoms with van der Waals surface area (Å²) in [5.41, 5.74) is 8.52. The molecule has 1 aromatic rings. The van der Waals surface area contributed by atoms with Crippen LogP contribution in [-0.4, -0.2) is 38.7 Å². The Hall–Kier alpha value is -0.820. The van der Waals surface area contributed by atoms with Crippen LogP contribution >= 0.6 is 12.4 Å². The summed E-state index contributed by atoms with van der Waals surface area (Å²) in [5, 5.41) is 0. The van der Waals surface area contributed by atoms with Gasteiger partial charge in [0.1, 0.15) is 0 Å². The van der Waals surface area contributed by atoms with Crippen LogP contribution in [0.4, 0.5) is 11.4 Å². The van der Waals surface area contributed by atoms with Gasteiger partial charge < -0.3 is 5.73 Å². The molecule has 0 aliphatic heterocycles. The Balaban J connectivity index is 0.00000400. The zero-order valence-electron chi connectivity index (χ0n) is 13.5. The van der Waals surface area contributed by atoms with Gasteiger partial charge in [-0.3, -0.25) is 0 Å². The van der Waals surface area contributed by atoms with E-state index in [-0.39, 0.29) is 17.0 Å². The molecule has 0 atom stereocenters. The highest BCUT2D eigenvalue weighted by molar-refractivity contribution is 7.88. The highest BCUT2D eigenvalue weighted by Gasteiger charge is 2.40. The average molecular weight is 337 g/mol. The van der Waals surface area contributed by atoms with Gasteiger partial charge in [-0.05, 0) is 43.7 Å². The fraction of sp³-hybridized carbons (Fsp3) is 0.571. The Kier molecular flexibility index (Phi) is 7.15. The summed E-state index contributed by atoms with van der Waals surface area (Å²) in [6, 6.07) is 5.75. The fourth-order valence-electron chi connectivity index (χ4n) is 2.74. The van der Waals surface area contributed by atoms with Gasteiger partial charge in [-0.15, -0.1) is 12.4 Å². The van der Waals surface area contributed by atoms with Gasteiger partial charge in [0.25, 0.3) is 10.0 Å². The number of nitrogens with zero attached hydrogens (tertiary/aromatic N) is 2. The molecule has 1 rings (SSSR count). The summed E-state index contributed by atoms with van der Waals surface area (Å²) >= 11 is 0. The molecule has 0 radical (unpaired) electrons. The third-order valence-electron chi connectivity index (χ3n) is 3.86. The molecule has 0 saturated heterocycles. The van der Waals surface area contributed by atoms with Gasteiger partial charge in [0.05, 0.1) is 25.9 Å². The number of sulfonamides is 1. The van der Waals surface area contributed by atoms with Crippen molar-refractivity contribution in [1.82, 2.24) is 9.01 Å². The lowest BCUT2D eigenvalue weighted by molar-refractivity contribution is 0.0834. The van der Waals surface area contributed by atoms with Crippen LogP contribution in [0, 0.1) is 6.92 Å². The molecule has 0 aromatic heterocycles. The quantitative estimate of drug-likeness (QED) is 0.493. The van der Waals surface area contributed by atoms with Crippen molar-refractivity contribution in [3.63, 3.8) is 0 Å². The molecule has 5 nitrogen and oxygen atoms in total. The summed E-state index contributed by atoms with van der Waals surface area (Å²) in [5.74, 6) is 0. The third kappa shape index (κ3) is 3.88. The Morgan fingerprint density at radius 1 is 1.19 bits per heavy atom. The van der Waals surface area contributed by atoms with Crippen molar-refractivity contribution in [2.45, 2.75) is 27.7 Å². The van der Waals surface area contributed by atoms with Gasteiger partial charge in [-0.25, -0.2) is 8.42 Å². The Labute approximate surface area is 134 Å². The number of benzene rings is 1. The monoisotopic (exact) mass is 336 g/mol. The molecule has 122 valence electrons. The van der Waals surface area contributed by atoms with E-state index in [2.05, 4.69) is 0 Å². The molecule has 7 heteroatoms. The molecule has 0 fully saturated rings. The molecular weight excluding hydrogens is 310 g/mol. The van der Waals surface area contributed by atoms with E-state index in [1.54, 1.807) is 0 Å². The number of nitrogens with two attached hydrogens (primary N) is 1. The topological polar surface area (TPSA) is 63.4 Å². The predicted octanol–water partition coefficient (Wildman–Crippen LogP) is 2.54. The number of halogens is 1. The molecule has 1 aromatic carbocycles. The Morgan fingerprint density at radius 3 is 2.05 bits per heavy atom. The van der Waals surface area contributed by atoms with E-state index in [4.69, 9.17) is 5.73 Å². The van der Waals surface area contributed by atoms with E-state index < -0.39 is 10.0 Å². The molecule has 0 bridgehead atoms. The van der Waals surface area contributed by atoms with E-state index >= 15 is 0 Å². The first-order valence-electron chi connectivity index (χ1n) is 6.94. The van der Waals surface area contributed by atoms with Crippen LogP contribution in [0.5, 0.6) is 0 Å². The first kappa shape index (κ1) is 20.2. The lowest BCUT2D eigenvalue weighted by Gasteiger charge is -2.42. The molecule has 0 saturated carbocycles. The summed E-state index contributed by atoms with van der Waals surface area (Å²) in [4.78, 5) is 0. The number of quaternary nitrogens is 1. The minimum Gasteiger partial charge on any atom is -0.399 e. The number of nitrogen functional groups attached to an aromatic ring is 1. The fourth-order valence-corrected chi connectivity index (χ4v) is 4.10. The van der Waals surface area contributed by atoms with Gasteiger partial charge in [0.2, 0.25) is 0 Å². The number of aryl methyl sites for hydroxylation is 1. The van der Waals surface area contributed by atoms with Gasteiger partial charge in [0, 0.05) is 17.8 Å². The second-order valence-corrected chi connectivity index (χ2v) is 6.88. The predicted molar refractivity (Wildman–Crippen MR) is 92.9 cm³/mol. The molecule has 0 heterocycles. The molecule has 0 amide bonds. The number of hydrogen-bond acceptors (Lipinski definition) is 3. The largest absolute Gasteiger partial charge is 0.399 e. The maximum absolute atomic E-state index is 12.1. The van der Waals surface area contributed by atoms with Gasteiger partial charge in [0.15, 0.2) is 5.69 Å². The molecule has 0 unspecified atom stereocenters. The van der Waals surface area contributed by atoms with Gasteiger partial charge in [-0.1, -0.05) is 0 Å². The van der Waals surface area contributed by atoms with Crippen LogP contribution in [-0.2, 0) is 10.0 Å². The normalized spacial score (nSPS) is 12.3. The lowest BCUT2D eigenvalue weighted by Crippen LogP contribution is -2.63.